The highest BCUT2D eigenvalue weighted by Gasteiger charge is 2.15. The highest BCUT2D eigenvalue weighted by molar-refractivity contribution is 9.10. The SMILES string of the molecule is COC(=O)C(Br)COc1ccc(Oc2ccccc2)cc1. The molecule has 0 amide bonds. The van der Waals surface area contributed by atoms with E-state index in [2.05, 4.69) is 20.7 Å². The third kappa shape index (κ3) is 4.79. The molecule has 0 aromatic heterocycles. The number of carbonyl (C=O) groups excluding carboxylic acids is 1. The fourth-order valence-electron chi connectivity index (χ4n) is 1.59. The smallest absolute Gasteiger partial charge is 0.322 e. The van der Waals surface area contributed by atoms with Gasteiger partial charge in [0.15, 0.2) is 0 Å². The molecule has 1 unspecified atom stereocenters. The molecule has 0 aliphatic heterocycles. The Morgan fingerprint density at radius 2 is 1.57 bits per heavy atom. The van der Waals surface area contributed by atoms with Crippen LogP contribution in [0.25, 0.3) is 0 Å². The van der Waals surface area contributed by atoms with Crippen LogP contribution in [0.1, 0.15) is 0 Å². The standard InChI is InChI=1S/C16H15BrO4/c1-19-16(18)15(17)11-20-12-7-9-14(10-8-12)21-13-5-3-2-4-6-13/h2-10,15H,11H2,1H3. The molecule has 1 atom stereocenters. The number of esters is 1. The predicted octanol–water partition coefficient (Wildman–Crippen LogP) is 3.79. The summed E-state index contributed by atoms with van der Waals surface area (Å²) in [6, 6.07) is 16.7. The summed E-state index contributed by atoms with van der Waals surface area (Å²) in [6.07, 6.45) is 0. The lowest BCUT2D eigenvalue weighted by molar-refractivity contribution is -0.140. The van der Waals surface area contributed by atoms with E-state index in [9.17, 15) is 4.79 Å². The zero-order chi connectivity index (χ0) is 15.1. The topological polar surface area (TPSA) is 44.8 Å². The van der Waals surface area contributed by atoms with E-state index in [1.54, 1.807) is 12.1 Å². The minimum atomic E-state index is -0.484. The second-order valence-corrected chi connectivity index (χ2v) is 5.29. The van der Waals surface area contributed by atoms with Crippen molar-refractivity contribution in [2.45, 2.75) is 4.83 Å². The molecule has 0 heterocycles. The first-order valence-electron chi connectivity index (χ1n) is 6.36. The fourth-order valence-corrected chi connectivity index (χ4v) is 1.91. The van der Waals surface area contributed by atoms with E-state index in [0.717, 1.165) is 11.5 Å². The van der Waals surface area contributed by atoms with E-state index in [4.69, 9.17) is 9.47 Å². The molecule has 0 radical (unpaired) electrons. The van der Waals surface area contributed by atoms with Crippen molar-refractivity contribution < 1.29 is 19.0 Å². The molecule has 0 spiro atoms. The third-order valence-electron chi connectivity index (χ3n) is 2.66. The van der Waals surface area contributed by atoms with Gasteiger partial charge in [-0.2, -0.15) is 0 Å². The molecule has 0 aliphatic carbocycles. The van der Waals surface area contributed by atoms with Gasteiger partial charge in [-0.25, -0.2) is 0 Å². The Morgan fingerprint density at radius 1 is 1.00 bits per heavy atom. The first kappa shape index (κ1) is 15.4. The number of carbonyl (C=O) groups is 1. The van der Waals surface area contributed by atoms with Crippen molar-refractivity contribution in [2.24, 2.45) is 0 Å². The van der Waals surface area contributed by atoms with Crippen LogP contribution >= 0.6 is 15.9 Å². The molecule has 21 heavy (non-hydrogen) atoms. The van der Waals surface area contributed by atoms with Gasteiger partial charge in [0.1, 0.15) is 28.7 Å². The largest absolute Gasteiger partial charge is 0.492 e. The highest BCUT2D eigenvalue weighted by Crippen LogP contribution is 2.23. The van der Waals surface area contributed by atoms with Gasteiger partial charge >= 0.3 is 5.97 Å². The summed E-state index contributed by atoms with van der Waals surface area (Å²) in [6.45, 7) is 0.200. The van der Waals surface area contributed by atoms with Crippen molar-refractivity contribution in [3.63, 3.8) is 0 Å². The summed E-state index contributed by atoms with van der Waals surface area (Å²) in [7, 11) is 1.34. The monoisotopic (exact) mass is 350 g/mol. The molecule has 0 N–H and O–H groups in total. The van der Waals surface area contributed by atoms with Crippen LogP contribution < -0.4 is 9.47 Å². The summed E-state index contributed by atoms with van der Waals surface area (Å²) in [5.74, 6) is 1.79. The van der Waals surface area contributed by atoms with Crippen LogP contribution in [0.3, 0.4) is 0 Å². The lowest BCUT2D eigenvalue weighted by atomic mass is 10.3. The van der Waals surface area contributed by atoms with Crippen LogP contribution in [-0.4, -0.2) is 24.5 Å². The first-order valence-corrected chi connectivity index (χ1v) is 7.28. The van der Waals surface area contributed by atoms with Crippen molar-refractivity contribution in [3.8, 4) is 17.2 Å². The average Bonchev–Trinajstić information content (AvgIpc) is 2.54. The molecule has 4 nitrogen and oxygen atoms in total. The summed E-state index contributed by atoms with van der Waals surface area (Å²) >= 11 is 3.20. The number of hydrogen-bond acceptors (Lipinski definition) is 4. The van der Waals surface area contributed by atoms with E-state index >= 15 is 0 Å². The van der Waals surface area contributed by atoms with Crippen LogP contribution in [0.2, 0.25) is 0 Å². The number of hydrogen-bond donors (Lipinski definition) is 0. The van der Waals surface area contributed by atoms with Gasteiger partial charge in [-0.15, -0.1) is 0 Å². The lowest BCUT2D eigenvalue weighted by Gasteiger charge is -2.10. The maximum absolute atomic E-state index is 11.2. The van der Waals surface area contributed by atoms with Gasteiger partial charge in [-0.1, -0.05) is 34.1 Å². The quantitative estimate of drug-likeness (QED) is 0.587. The van der Waals surface area contributed by atoms with Crippen molar-refractivity contribution >= 4 is 21.9 Å². The maximum atomic E-state index is 11.2. The number of benzene rings is 2. The van der Waals surface area contributed by atoms with E-state index in [-0.39, 0.29) is 12.6 Å². The summed E-state index contributed by atoms with van der Waals surface area (Å²) in [4.78, 5) is 10.7. The van der Waals surface area contributed by atoms with Crippen LogP contribution in [0.15, 0.2) is 54.6 Å². The summed E-state index contributed by atoms with van der Waals surface area (Å²) in [5, 5.41) is 0. The Hall–Kier alpha value is -2.01. The Bertz CT molecular complexity index is 569. The number of rotatable bonds is 6. The van der Waals surface area contributed by atoms with Gasteiger partial charge in [0.25, 0.3) is 0 Å². The van der Waals surface area contributed by atoms with Gasteiger partial charge in [-0.05, 0) is 36.4 Å². The Morgan fingerprint density at radius 3 is 2.19 bits per heavy atom. The molecule has 2 aromatic carbocycles. The maximum Gasteiger partial charge on any atom is 0.322 e. The molecule has 5 heteroatoms. The molecule has 110 valence electrons. The molecule has 2 rings (SSSR count). The lowest BCUT2D eigenvalue weighted by Crippen LogP contribution is -2.22. The summed E-state index contributed by atoms with van der Waals surface area (Å²) < 4.78 is 15.8. The van der Waals surface area contributed by atoms with Gasteiger partial charge in [-0.3, -0.25) is 4.79 Å². The molecule has 0 fully saturated rings. The molecule has 2 aromatic rings. The normalized spacial score (nSPS) is 11.5. The van der Waals surface area contributed by atoms with Crippen LogP contribution in [0.4, 0.5) is 0 Å². The van der Waals surface area contributed by atoms with E-state index in [1.165, 1.54) is 7.11 Å². The molecule has 0 saturated heterocycles. The average molecular weight is 351 g/mol. The molecular formula is C16H15BrO4. The van der Waals surface area contributed by atoms with Crippen LogP contribution in [-0.2, 0) is 9.53 Å². The fraction of sp³-hybridized carbons (Fsp3) is 0.188. The van der Waals surface area contributed by atoms with Gasteiger partial charge in [0.05, 0.1) is 7.11 Å². The molecule has 0 bridgehead atoms. The van der Waals surface area contributed by atoms with Crippen LogP contribution in [0.5, 0.6) is 17.2 Å². The van der Waals surface area contributed by atoms with Crippen molar-refractivity contribution in [1.82, 2.24) is 0 Å². The van der Waals surface area contributed by atoms with E-state index < -0.39 is 4.83 Å². The van der Waals surface area contributed by atoms with E-state index in [1.807, 2.05) is 42.5 Å². The Balaban J connectivity index is 1.89. The highest BCUT2D eigenvalue weighted by atomic mass is 79.9. The minimum absolute atomic E-state index is 0.200. The number of methoxy groups -OCH3 is 1. The Kier molecular flexibility index (Phi) is 5.63. The Labute approximate surface area is 131 Å². The van der Waals surface area contributed by atoms with Gasteiger partial charge in [0.2, 0.25) is 0 Å². The van der Waals surface area contributed by atoms with Crippen LogP contribution in [0, 0.1) is 0 Å². The van der Waals surface area contributed by atoms with Crippen molar-refractivity contribution in [3.05, 3.63) is 54.6 Å². The first-order chi connectivity index (χ1) is 10.2. The molecule has 0 saturated carbocycles. The number of alkyl halides is 1. The molecule has 0 aliphatic rings. The van der Waals surface area contributed by atoms with Gasteiger partial charge in [0, 0.05) is 0 Å². The van der Waals surface area contributed by atoms with Crippen molar-refractivity contribution in [2.75, 3.05) is 13.7 Å². The zero-order valence-electron chi connectivity index (χ0n) is 11.5. The van der Waals surface area contributed by atoms with Gasteiger partial charge < -0.3 is 14.2 Å². The molecular weight excluding hydrogens is 336 g/mol. The number of ether oxygens (including phenoxy) is 3. The van der Waals surface area contributed by atoms with E-state index in [0.29, 0.717) is 5.75 Å². The summed E-state index contributed by atoms with van der Waals surface area (Å²) in [5.41, 5.74) is 0. The number of para-hydroxylation sites is 1. The number of halogens is 1. The zero-order valence-corrected chi connectivity index (χ0v) is 13.1. The second kappa shape index (κ2) is 7.69. The minimum Gasteiger partial charge on any atom is -0.492 e. The predicted molar refractivity (Wildman–Crippen MR) is 83.2 cm³/mol. The van der Waals surface area contributed by atoms with Crippen molar-refractivity contribution in [1.29, 1.82) is 0 Å². The third-order valence-corrected chi connectivity index (χ3v) is 3.29. The second-order valence-electron chi connectivity index (χ2n) is 4.19.